The summed E-state index contributed by atoms with van der Waals surface area (Å²) in [7, 11) is 3.28. The number of nitrogens with zero attached hydrogens (tertiary/aromatic N) is 5. The number of hydrogen-bond donors (Lipinski definition) is 2. The first-order chi connectivity index (χ1) is 13.0. The predicted octanol–water partition coefficient (Wildman–Crippen LogP) is 3.08. The van der Waals surface area contributed by atoms with Crippen LogP contribution in [0.5, 0.6) is 0 Å². The molecule has 0 aromatic carbocycles. The van der Waals surface area contributed by atoms with Gasteiger partial charge in [-0.05, 0) is 0 Å². The van der Waals surface area contributed by atoms with Gasteiger partial charge >= 0.3 is 0 Å². The van der Waals surface area contributed by atoms with Gasteiger partial charge in [0.15, 0.2) is 5.82 Å². The molecule has 0 aliphatic heterocycles. The van der Waals surface area contributed by atoms with Crippen LogP contribution in [0.4, 0.5) is 26.4 Å². The summed E-state index contributed by atoms with van der Waals surface area (Å²) in [6.45, 7) is 0.0601. The third-order valence-corrected chi connectivity index (χ3v) is 3.78. The van der Waals surface area contributed by atoms with E-state index in [0.29, 0.717) is 11.6 Å². The third-order valence-electron chi connectivity index (χ3n) is 3.50. The van der Waals surface area contributed by atoms with Crippen LogP contribution < -0.4 is 10.6 Å². The largest absolute Gasteiger partial charge is 0.382 e. The zero-order chi connectivity index (χ0) is 19.4. The minimum absolute atomic E-state index is 0.0176. The Hall–Kier alpha value is -2.85. The maximum absolute atomic E-state index is 14.1. The van der Waals surface area contributed by atoms with Gasteiger partial charge in [0, 0.05) is 26.4 Å². The average molecular weight is 396 g/mol. The summed E-state index contributed by atoms with van der Waals surface area (Å²) < 4.78 is 34.1. The van der Waals surface area contributed by atoms with Crippen molar-refractivity contribution in [1.29, 1.82) is 0 Å². The molecule has 11 heteroatoms. The van der Waals surface area contributed by atoms with Crippen molar-refractivity contribution in [1.82, 2.24) is 24.5 Å². The lowest BCUT2D eigenvalue weighted by molar-refractivity contribution is 0.183. The average Bonchev–Trinajstić information content (AvgIpc) is 3.02. The lowest BCUT2D eigenvalue weighted by Gasteiger charge is -2.18. The van der Waals surface area contributed by atoms with Crippen molar-refractivity contribution >= 4 is 29.2 Å². The molecule has 0 saturated carbocycles. The fourth-order valence-electron chi connectivity index (χ4n) is 2.32. The number of anilines is 3. The third kappa shape index (κ3) is 4.66. The topological polar surface area (TPSA) is 89.8 Å². The van der Waals surface area contributed by atoms with E-state index < -0.39 is 17.7 Å². The van der Waals surface area contributed by atoms with Gasteiger partial charge in [-0.15, -0.1) is 0 Å². The monoisotopic (exact) mass is 395 g/mol. The van der Waals surface area contributed by atoms with Gasteiger partial charge in [-0.1, -0.05) is 11.6 Å². The Kier molecular flexibility index (Phi) is 5.77. The van der Waals surface area contributed by atoms with Gasteiger partial charge in [-0.25, -0.2) is 18.7 Å². The zero-order valence-electron chi connectivity index (χ0n) is 14.4. The number of halogens is 3. The molecule has 1 unspecified atom stereocenters. The molecule has 0 fully saturated rings. The summed E-state index contributed by atoms with van der Waals surface area (Å²) >= 11 is 6.12. The van der Waals surface area contributed by atoms with Crippen molar-refractivity contribution < 1.29 is 13.5 Å². The Morgan fingerprint density at radius 1 is 1.26 bits per heavy atom. The quantitative estimate of drug-likeness (QED) is 0.635. The highest BCUT2D eigenvalue weighted by atomic mass is 35.5. The smallest absolute Gasteiger partial charge is 0.225 e. The lowest BCUT2D eigenvalue weighted by atomic mass is 10.2. The first-order valence-corrected chi connectivity index (χ1v) is 8.18. The lowest BCUT2D eigenvalue weighted by Crippen LogP contribution is -2.20. The molecule has 3 heterocycles. The van der Waals surface area contributed by atoms with E-state index in [2.05, 4.69) is 30.6 Å². The molecule has 3 aromatic rings. The number of imidazole rings is 1. The molecule has 0 spiro atoms. The summed E-state index contributed by atoms with van der Waals surface area (Å²) in [6, 6.07) is 0.0168. The number of hydrogen-bond acceptors (Lipinski definition) is 7. The molecule has 0 aliphatic carbocycles. The molecule has 0 saturated heterocycles. The maximum atomic E-state index is 14.1. The zero-order valence-corrected chi connectivity index (χ0v) is 15.2. The van der Waals surface area contributed by atoms with Crippen LogP contribution in [0, 0.1) is 11.6 Å². The van der Waals surface area contributed by atoms with Crippen LogP contribution in [-0.2, 0) is 11.8 Å². The number of aromatic nitrogens is 5. The highest BCUT2D eigenvalue weighted by Crippen LogP contribution is 2.25. The van der Waals surface area contributed by atoms with E-state index in [0.717, 1.165) is 12.3 Å². The Morgan fingerprint density at radius 3 is 2.74 bits per heavy atom. The van der Waals surface area contributed by atoms with Crippen LogP contribution in [0.15, 0.2) is 31.0 Å². The van der Waals surface area contributed by atoms with Gasteiger partial charge in [0.1, 0.15) is 28.2 Å². The molecule has 142 valence electrons. The number of nitrogens with one attached hydrogen (secondary N) is 2. The van der Waals surface area contributed by atoms with E-state index in [1.54, 1.807) is 17.1 Å². The summed E-state index contributed by atoms with van der Waals surface area (Å²) in [5.74, 6) is -0.548. The predicted molar refractivity (Wildman–Crippen MR) is 95.9 cm³/mol. The minimum atomic E-state index is -0.801. The summed E-state index contributed by atoms with van der Waals surface area (Å²) in [4.78, 5) is 16.3. The van der Waals surface area contributed by atoms with Crippen LogP contribution in [0.25, 0.3) is 0 Å². The maximum Gasteiger partial charge on any atom is 0.225 e. The molecule has 0 radical (unpaired) electrons. The first-order valence-electron chi connectivity index (χ1n) is 7.80. The number of aryl methyl sites for hydroxylation is 1. The highest BCUT2D eigenvalue weighted by molar-refractivity contribution is 6.32. The van der Waals surface area contributed by atoms with Crippen molar-refractivity contribution in [2.45, 2.75) is 6.04 Å². The van der Waals surface area contributed by atoms with Gasteiger partial charge < -0.3 is 19.9 Å². The van der Waals surface area contributed by atoms with Gasteiger partial charge in [-0.2, -0.15) is 4.98 Å². The molecule has 3 aromatic heterocycles. The molecule has 3 rings (SSSR count). The number of methoxy groups -OCH3 is 1. The van der Waals surface area contributed by atoms with Gasteiger partial charge in [-0.3, -0.25) is 4.98 Å². The Bertz CT molecular complexity index is 937. The summed E-state index contributed by atoms with van der Waals surface area (Å²) in [5.41, 5.74) is -0.0176. The van der Waals surface area contributed by atoms with Gasteiger partial charge in [0.05, 0.1) is 31.4 Å². The molecule has 2 N–H and O–H groups in total. The van der Waals surface area contributed by atoms with E-state index >= 15 is 0 Å². The highest BCUT2D eigenvalue weighted by Gasteiger charge is 2.20. The standard InChI is InChI=1S/C16H16ClF2N7O/c1-26-6-13(22-8-26)24-15-10(17)5-21-16(25-15)23-12(7-27-2)14-11(19)3-9(18)4-20-14/h3-6,8,12H,7H2,1-2H3,(H2,21,23,24,25). The Morgan fingerprint density at radius 2 is 2.07 bits per heavy atom. The molecular formula is C16H16ClF2N7O. The number of pyridine rings is 1. The molecule has 0 aliphatic rings. The van der Waals surface area contributed by atoms with Crippen molar-refractivity contribution in [3.8, 4) is 0 Å². The SMILES string of the molecule is COCC(Nc1ncc(Cl)c(Nc2cn(C)cn2)n1)c1ncc(F)cc1F. The van der Waals surface area contributed by atoms with Crippen molar-refractivity contribution in [2.75, 3.05) is 24.4 Å². The van der Waals surface area contributed by atoms with Crippen LogP contribution in [0.2, 0.25) is 5.02 Å². The Balaban J connectivity index is 1.84. The number of rotatable bonds is 7. The fourth-order valence-corrected chi connectivity index (χ4v) is 2.45. The molecule has 27 heavy (non-hydrogen) atoms. The van der Waals surface area contributed by atoms with Crippen molar-refractivity contribution in [2.24, 2.45) is 7.05 Å². The number of ether oxygens (including phenoxy) is 1. The second kappa shape index (κ2) is 8.23. The molecule has 0 amide bonds. The minimum Gasteiger partial charge on any atom is -0.382 e. The van der Waals surface area contributed by atoms with E-state index in [-0.39, 0.29) is 23.3 Å². The van der Waals surface area contributed by atoms with Crippen molar-refractivity contribution in [3.63, 3.8) is 0 Å². The van der Waals surface area contributed by atoms with Gasteiger partial charge in [0.2, 0.25) is 5.95 Å². The van der Waals surface area contributed by atoms with E-state index in [4.69, 9.17) is 16.3 Å². The molecule has 8 nitrogen and oxygen atoms in total. The fraction of sp³-hybridized carbons (Fsp3) is 0.250. The van der Waals surface area contributed by atoms with E-state index in [1.807, 2.05) is 7.05 Å². The van der Waals surface area contributed by atoms with Crippen LogP contribution >= 0.6 is 11.6 Å². The van der Waals surface area contributed by atoms with Crippen molar-refractivity contribution in [3.05, 3.63) is 53.3 Å². The molecular weight excluding hydrogens is 380 g/mol. The van der Waals surface area contributed by atoms with E-state index in [9.17, 15) is 8.78 Å². The summed E-state index contributed by atoms with van der Waals surface area (Å²) in [6.07, 6.45) is 5.69. The van der Waals surface area contributed by atoms with E-state index in [1.165, 1.54) is 13.3 Å². The van der Waals surface area contributed by atoms with Gasteiger partial charge in [0.25, 0.3) is 0 Å². The molecule has 0 bridgehead atoms. The Labute approximate surface area is 158 Å². The van der Waals surface area contributed by atoms with Crippen LogP contribution in [0.1, 0.15) is 11.7 Å². The van der Waals surface area contributed by atoms with Crippen LogP contribution in [0.3, 0.4) is 0 Å². The summed E-state index contributed by atoms with van der Waals surface area (Å²) in [5, 5.41) is 6.17. The first kappa shape index (κ1) is 18.9. The molecule has 1 atom stereocenters. The second-order valence-corrected chi connectivity index (χ2v) is 6.02. The van der Waals surface area contributed by atoms with Crippen LogP contribution in [-0.4, -0.2) is 38.2 Å². The normalized spacial score (nSPS) is 12.0. The second-order valence-electron chi connectivity index (χ2n) is 5.61.